The van der Waals surface area contributed by atoms with Crippen LogP contribution in [0.2, 0.25) is 0 Å². The van der Waals surface area contributed by atoms with Gasteiger partial charge in [0, 0.05) is 23.2 Å². The average Bonchev–Trinajstić information content (AvgIpc) is 3.40. The summed E-state index contributed by atoms with van der Waals surface area (Å²) in [6, 6.07) is 13.0. The van der Waals surface area contributed by atoms with E-state index in [1.54, 1.807) is 42.4 Å². The van der Waals surface area contributed by atoms with Gasteiger partial charge in [0.2, 0.25) is 0 Å². The number of hydrogen-bond donors (Lipinski definition) is 2. The van der Waals surface area contributed by atoms with E-state index < -0.39 is 0 Å². The van der Waals surface area contributed by atoms with Gasteiger partial charge in [-0.25, -0.2) is 14.6 Å². The van der Waals surface area contributed by atoms with Crippen LogP contribution in [-0.4, -0.2) is 42.0 Å². The molecule has 0 bridgehead atoms. The highest BCUT2D eigenvalue weighted by molar-refractivity contribution is 5.82. The van der Waals surface area contributed by atoms with Gasteiger partial charge in [0.15, 0.2) is 17.4 Å². The maximum Gasteiger partial charge on any atom is 0.196 e. The molecule has 10 heteroatoms. The fourth-order valence-electron chi connectivity index (χ4n) is 3.47. The number of benzene rings is 1. The van der Waals surface area contributed by atoms with Gasteiger partial charge >= 0.3 is 0 Å². The van der Waals surface area contributed by atoms with Crippen molar-refractivity contribution in [1.82, 2.24) is 34.9 Å². The molecule has 156 valence electrons. The van der Waals surface area contributed by atoms with Crippen molar-refractivity contribution in [3.8, 4) is 28.9 Å². The Morgan fingerprint density at radius 2 is 2.00 bits per heavy atom. The van der Waals surface area contributed by atoms with E-state index in [0.29, 0.717) is 34.5 Å². The zero-order chi connectivity index (χ0) is 22.1. The summed E-state index contributed by atoms with van der Waals surface area (Å²) in [5, 5.41) is 25.1. The summed E-state index contributed by atoms with van der Waals surface area (Å²) in [5.41, 5.74) is 3.85. The number of H-pyrrole nitrogens is 1. The SMILES string of the molecule is COc1c(Nc2cc(-n3nc(C)c4ccncc43)ncn2)n[nH]c1-c1ccc(C#N)cc1. The quantitative estimate of drug-likeness (QED) is 0.439. The molecule has 0 saturated heterocycles. The maximum absolute atomic E-state index is 9.01. The molecule has 0 amide bonds. The van der Waals surface area contributed by atoms with E-state index in [2.05, 4.69) is 41.6 Å². The molecule has 2 N–H and O–H groups in total. The molecule has 4 aromatic heterocycles. The Labute approximate surface area is 182 Å². The molecule has 0 spiro atoms. The van der Waals surface area contributed by atoms with Crippen LogP contribution >= 0.6 is 0 Å². The number of nitrogens with zero attached hydrogens (tertiary/aromatic N) is 7. The van der Waals surface area contributed by atoms with E-state index in [1.807, 2.05) is 25.1 Å². The molecule has 5 aromatic rings. The van der Waals surface area contributed by atoms with Gasteiger partial charge in [0.1, 0.15) is 17.8 Å². The van der Waals surface area contributed by atoms with E-state index in [-0.39, 0.29) is 0 Å². The van der Waals surface area contributed by atoms with Crippen LogP contribution in [-0.2, 0) is 0 Å². The summed E-state index contributed by atoms with van der Waals surface area (Å²) >= 11 is 0. The third kappa shape index (κ3) is 3.27. The molecule has 0 unspecified atom stereocenters. The molecule has 32 heavy (non-hydrogen) atoms. The predicted molar refractivity (Wildman–Crippen MR) is 118 cm³/mol. The third-order valence-electron chi connectivity index (χ3n) is 5.01. The van der Waals surface area contributed by atoms with Gasteiger partial charge in [-0.05, 0) is 25.1 Å². The van der Waals surface area contributed by atoms with Crippen LogP contribution in [0.5, 0.6) is 5.75 Å². The van der Waals surface area contributed by atoms with Crippen LogP contribution in [0.15, 0.2) is 55.1 Å². The third-order valence-corrected chi connectivity index (χ3v) is 5.01. The van der Waals surface area contributed by atoms with Crippen molar-refractivity contribution < 1.29 is 4.74 Å². The Balaban J connectivity index is 1.49. The Bertz CT molecular complexity index is 1460. The van der Waals surface area contributed by atoms with Crippen LogP contribution in [0.1, 0.15) is 11.3 Å². The lowest BCUT2D eigenvalue weighted by molar-refractivity contribution is 0.418. The zero-order valence-corrected chi connectivity index (χ0v) is 17.2. The number of pyridine rings is 1. The number of hydrogen-bond acceptors (Lipinski definition) is 8. The molecule has 10 nitrogen and oxygen atoms in total. The highest BCUT2D eigenvalue weighted by Gasteiger charge is 2.17. The van der Waals surface area contributed by atoms with E-state index in [0.717, 1.165) is 22.2 Å². The number of ether oxygens (including phenoxy) is 1. The van der Waals surface area contributed by atoms with Crippen molar-refractivity contribution in [3.05, 3.63) is 66.4 Å². The minimum atomic E-state index is 0.472. The molecule has 1 aromatic carbocycles. The Morgan fingerprint density at radius 1 is 1.16 bits per heavy atom. The van der Waals surface area contributed by atoms with E-state index >= 15 is 0 Å². The largest absolute Gasteiger partial charge is 0.491 e. The summed E-state index contributed by atoms with van der Waals surface area (Å²) in [4.78, 5) is 12.9. The molecular formula is C22H17N9O. The average molecular weight is 423 g/mol. The van der Waals surface area contributed by atoms with Gasteiger partial charge in [0.25, 0.3) is 0 Å². The monoisotopic (exact) mass is 423 g/mol. The Kier molecular flexibility index (Phi) is 4.68. The lowest BCUT2D eigenvalue weighted by atomic mass is 10.1. The van der Waals surface area contributed by atoms with Gasteiger partial charge < -0.3 is 10.1 Å². The van der Waals surface area contributed by atoms with Crippen molar-refractivity contribution in [2.24, 2.45) is 0 Å². The molecule has 0 fully saturated rings. The summed E-state index contributed by atoms with van der Waals surface area (Å²) in [6.45, 7) is 1.94. The molecule has 0 radical (unpaired) electrons. The van der Waals surface area contributed by atoms with Gasteiger partial charge in [-0.1, -0.05) is 12.1 Å². The number of aromatic amines is 1. The van der Waals surface area contributed by atoms with E-state index in [9.17, 15) is 0 Å². The highest BCUT2D eigenvalue weighted by atomic mass is 16.5. The number of rotatable bonds is 5. The van der Waals surface area contributed by atoms with Crippen LogP contribution in [0, 0.1) is 18.3 Å². The van der Waals surface area contributed by atoms with Crippen molar-refractivity contribution in [3.63, 3.8) is 0 Å². The summed E-state index contributed by atoms with van der Waals surface area (Å²) < 4.78 is 7.32. The standard InChI is InChI=1S/C22H17N9O/c1-13-16-7-8-24-11-17(16)31(30-13)19-9-18(25-12-26-19)27-22-21(32-2)20(28-29-22)15-5-3-14(10-23)4-6-15/h3-9,11-12H,1-2H3,(H2,25,26,27,28,29). The summed E-state index contributed by atoms with van der Waals surface area (Å²) in [7, 11) is 1.57. The zero-order valence-electron chi connectivity index (χ0n) is 17.2. The van der Waals surface area contributed by atoms with Crippen LogP contribution in [0.3, 0.4) is 0 Å². The van der Waals surface area contributed by atoms with Crippen LogP contribution in [0.4, 0.5) is 11.6 Å². The summed E-state index contributed by atoms with van der Waals surface area (Å²) in [6.07, 6.45) is 4.95. The van der Waals surface area contributed by atoms with E-state index in [1.165, 1.54) is 6.33 Å². The topological polar surface area (TPSA) is 130 Å². The molecule has 4 heterocycles. The molecule has 0 atom stereocenters. The van der Waals surface area contributed by atoms with Crippen molar-refractivity contribution in [1.29, 1.82) is 5.26 Å². The lowest BCUT2D eigenvalue weighted by Crippen LogP contribution is -2.03. The number of aryl methyl sites for hydroxylation is 1. The molecular weight excluding hydrogens is 406 g/mol. The predicted octanol–water partition coefficient (Wildman–Crippen LogP) is 3.53. The van der Waals surface area contributed by atoms with Crippen molar-refractivity contribution in [2.75, 3.05) is 12.4 Å². The fraction of sp³-hybridized carbons (Fsp3) is 0.0909. The minimum absolute atomic E-state index is 0.472. The van der Waals surface area contributed by atoms with E-state index in [4.69, 9.17) is 10.00 Å². The molecule has 0 aliphatic heterocycles. The number of anilines is 2. The van der Waals surface area contributed by atoms with Gasteiger partial charge in [0.05, 0.1) is 36.1 Å². The molecule has 0 saturated carbocycles. The first-order valence-corrected chi connectivity index (χ1v) is 9.69. The number of aromatic nitrogens is 7. The Morgan fingerprint density at radius 3 is 2.78 bits per heavy atom. The smallest absolute Gasteiger partial charge is 0.196 e. The number of nitriles is 1. The molecule has 5 rings (SSSR count). The number of methoxy groups -OCH3 is 1. The van der Waals surface area contributed by atoms with Gasteiger partial charge in [-0.3, -0.25) is 10.1 Å². The second kappa shape index (κ2) is 7.81. The van der Waals surface area contributed by atoms with Crippen molar-refractivity contribution >= 4 is 22.5 Å². The molecule has 0 aliphatic rings. The number of fused-ring (bicyclic) bond motifs is 1. The first-order valence-electron chi connectivity index (χ1n) is 9.69. The first kappa shape index (κ1) is 19.2. The highest BCUT2D eigenvalue weighted by Crippen LogP contribution is 2.35. The molecule has 0 aliphatic carbocycles. The second-order valence-electron chi connectivity index (χ2n) is 6.95. The lowest BCUT2D eigenvalue weighted by Gasteiger charge is -2.08. The summed E-state index contributed by atoms with van der Waals surface area (Å²) in [5.74, 6) is 2.12. The maximum atomic E-state index is 9.01. The fourth-order valence-corrected chi connectivity index (χ4v) is 3.47. The second-order valence-corrected chi connectivity index (χ2v) is 6.95. The normalized spacial score (nSPS) is 10.8. The van der Waals surface area contributed by atoms with Gasteiger partial charge in [-0.2, -0.15) is 15.5 Å². The minimum Gasteiger partial charge on any atom is -0.491 e. The van der Waals surface area contributed by atoms with Crippen molar-refractivity contribution in [2.45, 2.75) is 6.92 Å². The van der Waals surface area contributed by atoms with Crippen LogP contribution in [0.25, 0.3) is 28.0 Å². The Hall–Kier alpha value is -4.78. The number of nitrogens with one attached hydrogen (secondary N) is 2. The van der Waals surface area contributed by atoms with Crippen LogP contribution < -0.4 is 10.1 Å². The van der Waals surface area contributed by atoms with Gasteiger partial charge in [-0.15, -0.1) is 0 Å². The first-order chi connectivity index (χ1) is 15.7.